The van der Waals surface area contributed by atoms with E-state index < -0.39 is 0 Å². The predicted octanol–water partition coefficient (Wildman–Crippen LogP) is 2.92. The molecule has 1 aromatic heterocycles. The number of aliphatic imine (C=N–C) groups is 1. The zero-order valence-electron chi connectivity index (χ0n) is 15.6. The van der Waals surface area contributed by atoms with Gasteiger partial charge in [-0.1, -0.05) is 23.8 Å². The Morgan fingerprint density at radius 1 is 1.19 bits per heavy atom. The van der Waals surface area contributed by atoms with Crippen molar-refractivity contribution in [3.8, 4) is 0 Å². The van der Waals surface area contributed by atoms with Crippen molar-refractivity contribution in [2.75, 3.05) is 13.1 Å². The molecular weight excluding hydrogens is 324 g/mol. The summed E-state index contributed by atoms with van der Waals surface area (Å²) in [6.07, 6.45) is 4.00. The normalized spacial score (nSPS) is 17.7. The van der Waals surface area contributed by atoms with Crippen LogP contribution in [-0.4, -0.2) is 33.7 Å². The molecule has 0 aliphatic carbocycles. The van der Waals surface area contributed by atoms with E-state index >= 15 is 0 Å². The average Bonchev–Trinajstić information content (AvgIpc) is 2.65. The highest BCUT2D eigenvalue weighted by atomic mass is 16.1. The quantitative estimate of drug-likeness (QED) is 0.926. The molecule has 3 heterocycles. The second-order valence-corrected chi connectivity index (χ2v) is 7.52. The van der Waals surface area contributed by atoms with Crippen molar-refractivity contribution in [3.05, 3.63) is 62.3 Å². The zero-order valence-corrected chi connectivity index (χ0v) is 15.6. The van der Waals surface area contributed by atoms with Crippen molar-refractivity contribution < 1.29 is 0 Å². The van der Waals surface area contributed by atoms with Crippen LogP contribution in [0.1, 0.15) is 53.0 Å². The van der Waals surface area contributed by atoms with E-state index in [2.05, 4.69) is 46.9 Å². The Morgan fingerprint density at radius 3 is 2.85 bits per heavy atom. The maximum atomic E-state index is 12.7. The zero-order chi connectivity index (χ0) is 18.1. The van der Waals surface area contributed by atoms with Gasteiger partial charge in [0.1, 0.15) is 0 Å². The Hall–Kier alpha value is -2.27. The van der Waals surface area contributed by atoms with Crippen molar-refractivity contribution in [2.45, 2.75) is 52.6 Å². The van der Waals surface area contributed by atoms with E-state index in [-0.39, 0.29) is 5.56 Å². The highest BCUT2D eigenvalue weighted by Gasteiger charge is 2.23. The molecular formula is C21H26N4O. The Morgan fingerprint density at radius 2 is 2.08 bits per heavy atom. The number of H-pyrrole nitrogens is 1. The molecule has 5 heteroatoms. The molecule has 0 radical (unpaired) electrons. The lowest BCUT2D eigenvalue weighted by Crippen LogP contribution is -2.36. The first-order valence-electron chi connectivity index (χ1n) is 9.54. The SMILES string of the molecule is Cc1ccc(CN2CCc3nc(C4=NCCCC4)[nH]c(=O)c3C2)c(C)c1. The number of fused-ring (bicyclic) bond motifs is 1. The van der Waals surface area contributed by atoms with Gasteiger partial charge < -0.3 is 4.98 Å². The summed E-state index contributed by atoms with van der Waals surface area (Å²) in [5.74, 6) is 0.691. The number of benzene rings is 1. The van der Waals surface area contributed by atoms with Gasteiger partial charge in [-0.15, -0.1) is 0 Å². The molecule has 26 heavy (non-hydrogen) atoms. The number of hydrogen-bond acceptors (Lipinski definition) is 4. The maximum absolute atomic E-state index is 12.7. The first kappa shape index (κ1) is 17.2. The molecule has 2 aliphatic heterocycles. The lowest BCUT2D eigenvalue weighted by atomic mass is 10.0. The van der Waals surface area contributed by atoms with E-state index in [1.807, 2.05) is 0 Å². The van der Waals surface area contributed by atoms with Gasteiger partial charge in [-0.3, -0.25) is 14.7 Å². The van der Waals surface area contributed by atoms with Crippen LogP contribution in [0.4, 0.5) is 0 Å². The second kappa shape index (κ2) is 7.16. The van der Waals surface area contributed by atoms with Crippen LogP contribution in [0.15, 0.2) is 28.0 Å². The Balaban J connectivity index is 1.55. The first-order chi connectivity index (χ1) is 12.6. The van der Waals surface area contributed by atoms with E-state index in [4.69, 9.17) is 4.98 Å². The fraction of sp³-hybridized carbons (Fsp3) is 0.476. The van der Waals surface area contributed by atoms with Crippen molar-refractivity contribution in [1.29, 1.82) is 0 Å². The lowest BCUT2D eigenvalue weighted by Gasteiger charge is -2.28. The number of aryl methyl sites for hydroxylation is 2. The summed E-state index contributed by atoms with van der Waals surface area (Å²) in [5.41, 5.74) is 6.67. The van der Waals surface area contributed by atoms with Gasteiger partial charge >= 0.3 is 0 Å². The van der Waals surface area contributed by atoms with Gasteiger partial charge in [0.25, 0.3) is 5.56 Å². The lowest BCUT2D eigenvalue weighted by molar-refractivity contribution is 0.241. The number of nitrogens with one attached hydrogen (secondary N) is 1. The molecule has 0 unspecified atom stereocenters. The minimum atomic E-state index is 0.00333. The van der Waals surface area contributed by atoms with Crippen LogP contribution in [0.2, 0.25) is 0 Å². The number of nitrogens with zero attached hydrogens (tertiary/aromatic N) is 3. The Bertz CT molecular complexity index is 913. The number of hydrogen-bond donors (Lipinski definition) is 1. The number of aromatic nitrogens is 2. The fourth-order valence-electron chi connectivity index (χ4n) is 3.91. The summed E-state index contributed by atoms with van der Waals surface area (Å²) in [4.78, 5) is 27.3. The summed E-state index contributed by atoms with van der Waals surface area (Å²) in [7, 11) is 0. The van der Waals surface area contributed by atoms with Gasteiger partial charge in [-0.25, -0.2) is 4.98 Å². The molecule has 1 aromatic carbocycles. The molecule has 2 aromatic rings. The highest BCUT2D eigenvalue weighted by Crippen LogP contribution is 2.20. The number of rotatable bonds is 3. The van der Waals surface area contributed by atoms with Crippen LogP contribution < -0.4 is 5.56 Å². The van der Waals surface area contributed by atoms with Crippen molar-refractivity contribution in [2.24, 2.45) is 4.99 Å². The van der Waals surface area contributed by atoms with Crippen LogP contribution >= 0.6 is 0 Å². The third-order valence-corrected chi connectivity index (χ3v) is 5.44. The molecule has 0 saturated carbocycles. The summed E-state index contributed by atoms with van der Waals surface area (Å²) in [5, 5.41) is 0. The van der Waals surface area contributed by atoms with Crippen molar-refractivity contribution in [1.82, 2.24) is 14.9 Å². The van der Waals surface area contributed by atoms with Gasteiger partial charge in [0.05, 0.1) is 17.0 Å². The molecule has 0 fully saturated rings. The summed E-state index contributed by atoms with van der Waals surface area (Å²) in [6, 6.07) is 6.58. The van der Waals surface area contributed by atoms with E-state index in [0.29, 0.717) is 12.4 Å². The van der Waals surface area contributed by atoms with Crippen LogP contribution in [0.5, 0.6) is 0 Å². The van der Waals surface area contributed by atoms with Gasteiger partial charge in [-0.05, 0) is 44.2 Å². The molecule has 0 saturated heterocycles. The van der Waals surface area contributed by atoms with E-state index in [0.717, 1.165) is 62.3 Å². The van der Waals surface area contributed by atoms with Crippen LogP contribution in [0.3, 0.4) is 0 Å². The molecule has 136 valence electrons. The van der Waals surface area contributed by atoms with Crippen molar-refractivity contribution >= 4 is 5.71 Å². The molecule has 0 spiro atoms. The fourth-order valence-corrected chi connectivity index (χ4v) is 3.91. The Kier molecular flexibility index (Phi) is 4.72. The van der Waals surface area contributed by atoms with Gasteiger partial charge in [0, 0.05) is 32.6 Å². The molecule has 2 aliphatic rings. The van der Waals surface area contributed by atoms with Crippen molar-refractivity contribution in [3.63, 3.8) is 0 Å². The van der Waals surface area contributed by atoms with Crippen LogP contribution in [0.25, 0.3) is 0 Å². The molecule has 1 N–H and O–H groups in total. The molecule has 4 rings (SSSR count). The third-order valence-electron chi connectivity index (χ3n) is 5.44. The van der Waals surface area contributed by atoms with Gasteiger partial charge in [0.15, 0.2) is 5.82 Å². The standard InChI is InChI=1S/C21H26N4O/c1-14-6-7-16(15(2)11-14)12-25-10-8-18-17(13-25)21(26)24-20(23-18)19-5-3-4-9-22-19/h6-7,11H,3-5,8-10,12-13H2,1-2H3,(H,23,24,26). The summed E-state index contributed by atoms with van der Waals surface area (Å²) in [6.45, 7) is 7.60. The van der Waals surface area contributed by atoms with Crippen LogP contribution in [-0.2, 0) is 19.5 Å². The summed E-state index contributed by atoms with van der Waals surface area (Å²) < 4.78 is 0. The van der Waals surface area contributed by atoms with Crippen LogP contribution in [0, 0.1) is 13.8 Å². The van der Waals surface area contributed by atoms with Gasteiger partial charge in [-0.2, -0.15) is 0 Å². The van der Waals surface area contributed by atoms with E-state index in [1.165, 1.54) is 16.7 Å². The monoisotopic (exact) mass is 350 g/mol. The molecule has 0 bridgehead atoms. The predicted molar refractivity (Wildman–Crippen MR) is 104 cm³/mol. The largest absolute Gasteiger partial charge is 0.305 e. The maximum Gasteiger partial charge on any atom is 0.255 e. The smallest absolute Gasteiger partial charge is 0.255 e. The first-order valence-corrected chi connectivity index (χ1v) is 9.54. The second-order valence-electron chi connectivity index (χ2n) is 7.52. The molecule has 5 nitrogen and oxygen atoms in total. The number of aromatic amines is 1. The highest BCUT2D eigenvalue weighted by molar-refractivity contribution is 5.97. The minimum absolute atomic E-state index is 0.00333. The van der Waals surface area contributed by atoms with Gasteiger partial charge in [0.2, 0.25) is 0 Å². The van der Waals surface area contributed by atoms with E-state index in [1.54, 1.807) is 0 Å². The van der Waals surface area contributed by atoms with E-state index in [9.17, 15) is 4.79 Å². The Labute approximate surface area is 154 Å². The average molecular weight is 350 g/mol. The minimum Gasteiger partial charge on any atom is -0.305 e. The third kappa shape index (κ3) is 3.49. The molecule has 0 atom stereocenters. The topological polar surface area (TPSA) is 61.4 Å². The molecule has 0 amide bonds. The summed E-state index contributed by atoms with van der Waals surface area (Å²) >= 11 is 0.